The summed E-state index contributed by atoms with van der Waals surface area (Å²) < 4.78 is 44.3. The van der Waals surface area contributed by atoms with Crippen molar-refractivity contribution >= 4 is 5.57 Å². The number of alkyl halides is 1. The second kappa shape index (κ2) is 21.9. The number of halogens is 2. The van der Waals surface area contributed by atoms with Gasteiger partial charge in [0.25, 0.3) is 0 Å². The number of benzene rings is 3. The third-order valence-electron chi connectivity index (χ3n) is 9.74. The minimum Gasteiger partial charge on any atom is -0.344 e. The standard InChI is InChI=1S/C45H60F2O2/c1-3-5-7-9-11-12-13-15-17-22-36-49-45(48-35-21-16-14-10-8-6-4-2)34-33-42(43(46)44(45)47)41-31-29-40(30-32-41)39-27-25-38(26-28-39)37-23-19-18-20-24-37/h18-20,23-34,44H,3-17,21-22,35-36H2,1-2H3. The van der Waals surface area contributed by atoms with E-state index in [0.717, 1.165) is 55.2 Å². The molecule has 0 bridgehead atoms. The Morgan fingerprint density at radius 2 is 0.857 bits per heavy atom. The Hall–Kier alpha value is -3.08. The molecule has 3 aromatic carbocycles. The summed E-state index contributed by atoms with van der Waals surface area (Å²) in [6.45, 7) is 5.15. The molecule has 0 saturated carbocycles. The van der Waals surface area contributed by atoms with Gasteiger partial charge in [-0.15, -0.1) is 0 Å². The number of rotatable bonds is 24. The maximum atomic E-state index is 16.1. The van der Waals surface area contributed by atoms with Crippen LogP contribution in [-0.4, -0.2) is 25.2 Å². The molecule has 0 N–H and O–H groups in total. The number of unbranched alkanes of at least 4 members (excludes halogenated alkanes) is 15. The van der Waals surface area contributed by atoms with Crippen LogP contribution in [0.15, 0.2) is 96.8 Å². The van der Waals surface area contributed by atoms with Gasteiger partial charge in [0.15, 0.2) is 0 Å². The van der Waals surface area contributed by atoms with Gasteiger partial charge in [0.05, 0.1) is 13.2 Å². The summed E-state index contributed by atoms with van der Waals surface area (Å²) in [4.78, 5) is 0. The molecule has 49 heavy (non-hydrogen) atoms. The van der Waals surface area contributed by atoms with Gasteiger partial charge in [0, 0.05) is 5.57 Å². The highest BCUT2D eigenvalue weighted by Gasteiger charge is 2.46. The predicted octanol–water partition coefficient (Wildman–Crippen LogP) is 14.0. The van der Waals surface area contributed by atoms with Crippen molar-refractivity contribution in [3.8, 4) is 22.3 Å². The third-order valence-corrected chi connectivity index (χ3v) is 9.74. The Labute approximate surface area is 296 Å². The van der Waals surface area contributed by atoms with E-state index >= 15 is 8.78 Å². The summed E-state index contributed by atoms with van der Waals surface area (Å²) in [5, 5.41) is 0. The fraction of sp³-hybridized carbons (Fsp3) is 0.511. The lowest BCUT2D eigenvalue weighted by Crippen LogP contribution is -2.46. The van der Waals surface area contributed by atoms with Crippen LogP contribution in [0.4, 0.5) is 8.78 Å². The molecule has 266 valence electrons. The minimum absolute atomic E-state index is 0.246. The van der Waals surface area contributed by atoms with E-state index in [4.69, 9.17) is 9.47 Å². The summed E-state index contributed by atoms with van der Waals surface area (Å²) in [6.07, 6.45) is 21.2. The molecule has 0 aliphatic heterocycles. The maximum Gasteiger partial charge on any atom is 0.227 e. The van der Waals surface area contributed by atoms with Crippen molar-refractivity contribution in [3.63, 3.8) is 0 Å². The smallest absolute Gasteiger partial charge is 0.227 e. The van der Waals surface area contributed by atoms with Crippen LogP contribution in [0.25, 0.3) is 27.8 Å². The quantitative estimate of drug-likeness (QED) is 0.0697. The highest BCUT2D eigenvalue weighted by atomic mass is 19.2. The van der Waals surface area contributed by atoms with E-state index in [1.165, 1.54) is 76.2 Å². The van der Waals surface area contributed by atoms with Gasteiger partial charge in [-0.2, -0.15) is 0 Å². The van der Waals surface area contributed by atoms with Crippen molar-refractivity contribution < 1.29 is 18.3 Å². The monoisotopic (exact) mass is 670 g/mol. The first-order chi connectivity index (χ1) is 24.1. The van der Waals surface area contributed by atoms with Crippen LogP contribution in [0.5, 0.6) is 0 Å². The predicted molar refractivity (Wildman–Crippen MR) is 204 cm³/mol. The maximum absolute atomic E-state index is 16.1. The second-order valence-corrected chi connectivity index (χ2v) is 13.7. The molecule has 2 atom stereocenters. The molecule has 0 amide bonds. The highest BCUT2D eigenvalue weighted by molar-refractivity contribution is 5.79. The fourth-order valence-corrected chi connectivity index (χ4v) is 6.64. The summed E-state index contributed by atoms with van der Waals surface area (Å²) in [6, 6.07) is 26.4. The fourth-order valence-electron chi connectivity index (χ4n) is 6.64. The minimum atomic E-state index is -2.02. The molecule has 3 aromatic rings. The summed E-state index contributed by atoms with van der Waals surface area (Å²) in [5.74, 6) is -2.56. The van der Waals surface area contributed by atoms with Gasteiger partial charge < -0.3 is 9.47 Å². The van der Waals surface area contributed by atoms with Crippen molar-refractivity contribution in [1.82, 2.24) is 0 Å². The zero-order valence-corrected chi connectivity index (χ0v) is 30.2. The second-order valence-electron chi connectivity index (χ2n) is 13.7. The highest BCUT2D eigenvalue weighted by Crippen LogP contribution is 2.39. The van der Waals surface area contributed by atoms with Crippen LogP contribution in [0.2, 0.25) is 0 Å². The van der Waals surface area contributed by atoms with E-state index in [2.05, 4.69) is 50.2 Å². The lowest BCUT2D eigenvalue weighted by molar-refractivity contribution is -0.234. The molecule has 2 unspecified atom stereocenters. The summed E-state index contributed by atoms with van der Waals surface area (Å²) >= 11 is 0. The van der Waals surface area contributed by atoms with Gasteiger partial charge in [-0.3, -0.25) is 0 Å². The van der Waals surface area contributed by atoms with Crippen LogP contribution in [0, 0.1) is 0 Å². The molecule has 0 heterocycles. The SMILES string of the molecule is CCCCCCCCCCCCOC1(OCCCCCCCCC)C=CC(c2ccc(-c3ccc(-c4ccccc4)cc3)cc2)=C(F)C1F. The van der Waals surface area contributed by atoms with E-state index in [9.17, 15) is 0 Å². The van der Waals surface area contributed by atoms with Gasteiger partial charge in [0.1, 0.15) is 5.83 Å². The van der Waals surface area contributed by atoms with Crippen molar-refractivity contribution in [1.29, 1.82) is 0 Å². The molecule has 0 radical (unpaired) electrons. The van der Waals surface area contributed by atoms with Gasteiger partial charge in [-0.1, -0.05) is 195 Å². The molecule has 4 heteroatoms. The van der Waals surface area contributed by atoms with Gasteiger partial charge in [0.2, 0.25) is 12.0 Å². The van der Waals surface area contributed by atoms with Crippen LogP contribution >= 0.6 is 0 Å². The van der Waals surface area contributed by atoms with Gasteiger partial charge >= 0.3 is 0 Å². The Morgan fingerprint density at radius 3 is 1.29 bits per heavy atom. The Kier molecular flexibility index (Phi) is 17.3. The van der Waals surface area contributed by atoms with Gasteiger partial charge in [-0.25, -0.2) is 8.78 Å². The molecule has 0 aromatic heterocycles. The average Bonchev–Trinajstić information content (AvgIpc) is 3.14. The zero-order chi connectivity index (χ0) is 34.6. The van der Waals surface area contributed by atoms with Crippen molar-refractivity contribution in [2.75, 3.05) is 13.2 Å². The van der Waals surface area contributed by atoms with Crippen LogP contribution in [0.3, 0.4) is 0 Å². The number of hydrogen-bond donors (Lipinski definition) is 0. The normalized spacial score (nSPS) is 17.6. The van der Waals surface area contributed by atoms with E-state index in [0.29, 0.717) is 18.8 Å². The first kappa shape index (κ1) is 38.7. The Balaban J connectivity index is 1.35. The molecule has 1 aliphatic rings. The summed E-state index contributed by atoms with van der Waals surface area (Å²) in [5.41, 5.74) is 5.30. The van der Waals surface area contributed by atoms with E-state index in [1.807, 2.05) is 42.5 Å². The molecule has 4 rings (SSSR count). The van der Waals surface area contributed by atoms with Gasteiger partial charge in [-0.05, 0) is 46.7 Å². The Morgan fingerprint density at radius 1 is 0.490 bits per heavy atom. The molecule has 0 spiro atoms. The average molecular weight is 671 g/mol. The molecule has 0 fully saturated rings. The first-order valence-electron chi connectivity index (χ1n) is 19.3. The van der Waals surface area contributed by atoms with Crippen molar-refractivity contribution in [3.05, 3.63) is 102 Å². The molecular weight excluding hydrogens is 610 g/mol. The Bertz CT molecular complexity index is 1380. The van der Waals surface area contributed by atoms with Crippen LogP contribution in [0.1, 0.15) is 129 Å². The first-order valence-corrected chi connectivity index (χ1v) is 19.3. The number of allylic oxidation sites excluding steroid dienone is 2. The van der Waals surface area contributed by atoms with Crippen molar-refractivity contribution in [2.45, 2.75) is 135 Å². The lowest BCUT2D eigenvalue weighted by atomic mass is 9.92. The van der Waals surface area contributed by atoms with E-state index in [1.54, 1.807) is 12.2 Å². The zero-order valence-electron chi connectivity index (χ0n) is 30.2. The molecule has 2 nitrogen and oxygen atoms in total. The van der Waals surface area contributed by atoms with Crippen LogP contribution in [-0.2, 0) is 9.47 Å². The molecule has 0 saturated heterocycles. The topological polar surface area (TPSA) is 18.5 Å². The molecular formula is C45H60F2O2. The van der Waals surface area contributed by atoms with E-state index in [-0.39, 0.29) is 5.57 Å². The number of ether oxygens (including phenoxy) is 2. The lowest BCUT2D eigenvalue weighted by Gasteiger charge is -2.36. The number of hydrogen-bond acceptors (Lipinski definition) is 2. The van der Waals surface area contributed by atoms with Crippen LogP contribution < -0.4 is 0 Å². The molecule has 1 aliphatic carbocycles. The third kappa shape index (κ3) is 12.3. The largest absolute Gasteiger partial charge is 0.344 e. The van der Waals surface area contributed by atoms with E-state index < -0.39 is 17.8 Å². The summed E-state index contributed by atoms with van der Waals surface area (Å²) in [7, 11) is 0. The van der Waals surface area contributed by atoms with Crippen molar-refractivity contribution in [2.24, 2.45) is 0 Å².